The monoisotopic (exact) mass is 174 g/mol. The fraction of sp³-hybridized carbons (Fsp3) is 0.0909. The van der Waals surface area contributed by atoms with Crippen molar-refractivity contribution in [1.29, 1.82) is 0 Å². The molecule has 0 saturated carbocycles. The molecule has 12 heavy (non-hydrogen) atoms. The lowest BCUT2D eigenvalue weighted by Crippen LogP contribution is -1.65. The zero-order valence-corrected chi connectivity index (χ0v) is 7.77. The van der Waals surface area contributed by atoms with Crippen molar-refractivity contribution in [3.63, 3.8) is 0 Å². The molecule has 0 N–H and O–H groups in total. The van der Waals surface area contributed by atoms with Crippen LogP contribution in [-0.2, 0) is 0 Å². The van der Waals surface area contributed by atoms with Crippen molar-refractivity contribution in [1.82, 2.24) is 0 Å². The van der Waals surface area contributed by atoms with Crippen molar-refractivity contribution >= 4 is 27.5 Å². The summed E-state index contributed by atoms with van der Waals surface area (Å²) in [6.45, 7) is 2.05. The van der Waals surface area contributed by atoms with Gasteiger partial charge < -0.3 is 0 Å². The van der Waals surface area contributed by atoms with Crippen LogP contribution in [0.15, 0.2) is 35.7 Å². The molecule has 0 aliphatic heterocycles. The minimum absolute atomic E-state index is 1.33. The predicted octanol–water partition coefficient (Wildman–Crippen LogP) is 3.93. The molecule has 1 aromatic heterocycles. The van der Waals surface area contributed by atoms with Crippen LogP contribution in [0.1, 0.15) is 12.5 Å². The van der Waals surface area contributed by atoms with Gasteiger partial charge in [-0.25, -0.2) is 0 Å². The molecule has 0 aliphatic carbocycles. The van der Waals surface area contributed by atoms with Gasteiger partial charge in [-0.1, -0.05) is 30.4 Å². The van der Waals surface area contributed by atoms with Gasteiger partial charge in [0.25, 0.3) is 0 Å². The molecule has 0 amide bonds. The van der Waals surface area contributed by atoms with Gasteiger partial charge in [-0.05, 0) is 29.3 Å². The van der Waals surface area contributed by atoms with E-state index in [1.165, 1.54) is 15.6 Å². The van der Waals surface area contributed by atoms with Crippen molar-refractivity contribution in [2.75, 3.05) is 0 Å². The van der Waals surface area contributed by atoms with E-state index in [2.05, 4.69) is 41.8 Å². The summed E-state index contributed by atoms with van der Waals surface area (Å²) in [5.74, 6) is 0. The third-order valence-corrected chi connectivity index (χ3v) is 2.84. The van der Waals surface area contributed by atoms with Gasteiger partial charge >= 0.3 is 0 Å². The van der Waals surface area contributed by atoms with Crippen molar-refractivity contribution < 1.29 is 0 Å². The lowest BCUT2D eigenvalue weighted by molar-refractivity contribution is 1.77. The van der Waals surface area contributed by atoms with Gasteiger partial charge in [0.05, 0.1) is 0 Å². The molecular formula is C11H10S. The number of benzene rings is 1. The number of hydrogen-bond donors (Lipinski definition) is 0. The lowest BCUT2D eigenvalue weighted by atomic mass is 10.2. The predicted molar refractivity (Wildman–Crippen MR) is 56.5 cm³/mol. The molecule has 0 nitrogen and oxygen atoms in total. The maximum Gasteiger partial charge on any atom is 0.0348 e. The van der Waals surface area contributed by atoms with Crippen molar-refractivity contribution in [3.05, 3.63) is 41.3 Å². The lowest BCUT2D eigenvalue weighted by Gasteiger charge is -1.89. The topological polar surface area (TPSA) is 0 Å². The van der Waals surface area contributed by atoms with E-state index in [4.69, 9.17) is 0 Å². The Morgan fingerprint density at radius 1 is 1.25 bits per heavy atom. The fourth-order valence-corrected chi connectivity index (χ4v) is 2.24. The highest BCUT2D eigenvalue weighted by molar-refractivity contribution is 7.17. The Kier molecular flexibility index (Phi) is 1.96. The molecule has 0 bridgehead atoms. The van der Waals surface area contributed by atoms with Gasteiger partial charge in [0, 0.05) is 4.70 Å². The molecule has 2 aromatic rings. The number of fused-ring (bicyclic) bond motifs is 1. The summed E-state index contributed by atoms with van der Waals surface area (Å²) in [5, 5.41) is 3.56. The van der Waals surface area contributed by atoms with Crippen LogP contribution in [0, 0.1) is 0 Å². The third-order valence-electron chi connectivity index (χ3n) is 1.86. The van der Waals surface area contributed by atoms with Gasteiger partial charge in [-0.2, -0.15) is 0 Å². The fourth-order valence-electron chi connectivity index (χ4n) is 1.31. The Morgan fingerprint density at radius 3 is 2.92 bits per heavy atom. The Labute approximate surface area is 76.2 Å². The molecule has 0 fully saturated rings. The first-order valence-corrected chi connectivity index (χ1v) is 4.88. The van der Waals surface area contributed by atoms with E-state index >= 15 is 0 Å². The van der Waals surface area contributed by atoms with E-state index in [0.717, 1.165) is 0 Å². The summed E-state index contributed by atoms with van der Waals surface area (Å²) in [6.07, 6.45) is 4.23. The Morgan fingerprint density at radius 2 is 2.08 bits per heavy atom. The molecule has 2 rings (SSSR count). The zero-order chi connectivity index (χ0) is 8.39. The van der Waals surface area contributed by atoms with Crippen LogP contribution >= 0.6 is 11.3 Å². The second kappa shape index (κ2) is 3.11. The summed E-state index contributed by atoms with van der Waals surface area (Å²) in [6, 6.07) is 8.49. The summed E-state index contributed by atoms with van der Waals surface area (Å²) < 4.78 is 1.37. The molecule has 0 radical (unpaired) electrons. The van der Waals surface area contributed by atoms with Crippen LogP contribution in [0.25, 0.3) is 16.2 Å². The van der Waals surface area contributed by atoms with Gasteiger partial charge in [0.15, 0.2) is 0 Å². The summed E-state index contributed by atoms with van der Waals surface area (Å²) >= 11 is 1.80. The highest BCUT2D eigenvalue weighted by Gasteiger charge is 1.97. The molecular weight excluding hydrogens is 164 g/mol. The first-order valence-electron chi connectivity index (χ1n) is 4.01. The minimum atomic E-state index is 1.33. The quantitative estimate of drug-likeness (QED) is 0.614. The maximum atomic E-state index is 2.20. The second-order valence-electron chi connectivity index (χ2n) is 2.69. The second-order valence-corrected chi connectivity index (χ2v) is 3.60. The first kappa shape index (κ1) is 7.56. The standard InChI is InChI=1S/C11H10S/c1-2-5-9-8-12-11-7-4-3-6-10(9)11/h2-8H,1H3. The Hall–Kier alpha value is -1.08. The van der Waals surface area contributed by atoms with Gasteiger partial charge in [-0.3, -0.25) is 0 Å². The average Bonchev–Trinajstić information content (AvgIpc) is 2.50. The molecule has 1 aromatic carbocycles. The highest BCUT2D eigenvalue weighted by Crippen LogP contribution is 2.26. The van der Waals surface area contributed by atoms with E-state index in [9.17, 15) is 0 Å². The largest absolute Gasteiger partial charge is 0.143 e. The number of rotatable bonds is 1. The Bertz CT molecular complexity index is 410. The van der Waals surface area contributed by atoms with Crippen LogP contribution in [0.3, 0.4) is 0 Å². The molecule has 0 spiro atoms. The summed E-state index contributed by atoms with van der Waals surface area (Å²) in [7, 11) is 0. The van der Waals surface area contributed by atoms with E-state index in [1.54, 1.807) is 11.3 Å². The van der Waals surface area contributed by atoms with Crippen LogP contribution in [0.5, 0.6) is 0 Å². The maximum absolute atomic E-state index is 2.20. The number of allylic oxidation sites excluding steroid dienone is 1. The molecule has 60 valence electrons. The minimum Gasteiger partial charge on any atom is -0.143 e. The molecule has 0 aliphatic rings. The SMILES string of the molecule is CC=Cc1csc2ccccc12. The van der Waals surface area contributed by atoms with E-state index in [1.807, 2.05) is 6.92 Å². The van der Waals surface area contributed by atoms with Crippen molar-refractivity contribution in [2.45, 2.75) is 6.92 Å². The average molecular weight is 174 g/mol. The van der Waals surface area contributed by atoms with E-state index in [0.29, 0.717) is 0 Å². The van der Waals surface area contributed by atoms with Crippen molar-refractivity contribution in [3.8, 4) is 0 Å². The van der Waals surface area contributed by atoms with E-state index in [-0.39, 0.29) is 0 Å². The number of hydrogen-bond acceptors (Lipinski definition) is 1. The first-order chi connectivity index (χ1) is 5.92. The van der Waals surface area contributed by atoms with Gasteiger partial charge in [-0.15, -0.1) is 11.3 Å². The van der Waals surface area contributed by atoms with E-state index < -0.39 is 0 Å². The van der Waals surface area contributed by atoms with Crippen LogP contribution < -0.4 is 0 Å². The molecule has 1 heterocycles. The van der Waals surface area contributed by atoms with Gasteiger partial charge in [0.1, 0.15) is 0 Å². The normalized spacial score (nSPS) is 11.4. The van der Waals surface area contributed by atoms with Crippen LogP contribution in [0.2, 0.25) is 0 Å². The van der Waals surface area contributed by atoms with Crippen LogP contribution in [0.4, 0.5) is 0 Å². The highest BCUT2D eigenvalue weighted by atomic mass is 32.1. The molecule has 0 unspecified atom stereocenters. The summed E-state index contributed by atoms with van der Waals surface area (Å²) in [5.41, 5.74) is 1.33. The summed E-state index contributed by atoms with van der Waals surface area (Å²) in [4.78, 5) is 0. The van der Waals surface area contributed by atoms with Crippen LogP contribution in [-0.4, -0.2) is 0 Å². The molecule has 0 saturated heterocycles. The smallest absolute Gasteiger partial charge is 0.0348 e. The van der Waals surface area contributed by atoms with Gasteiger partial charge in [0.2, 0.25) is 0 Å². The zero-order valence-electron chi connectivity index (χ0n) is 6.95. The number of thiophene rings is 1. The molecule has 0 atom stereocenters. The molecule has 1 heteroatoms. The van der Waals surface area contributed by atoms with Crippen molar-refractivity contribution in [2.24, 2.45) is 0 Å². The third kappa shape index (κ3) is 1.16. The Balaban J connectivity index is 2.70.